The highest BCUT2D eigenvalue weighted by Crippen LogP contribution is 2.49. The lowest BCUT2D eigenvalue weighted by atomic mass is 9.80. The zero-order valence-electron chi connectivity index (χ0n) is 67.6. The van der Waals surface area contributed by atoms with E-state index in [-0.39, 0.29) is 98.7 Å². The fourth-order valence-electron chi connectivity index (χ4n) is 12.5. The monoisotopic (exact) mass is 1570 g/mol. The number of aliphatic hydroxyl groups is 3. The van der Waals surface area contributed by atoms with Crippen LogP contribution in [0.2, 0.25) is 0 Å². The quantitative estimate of drug-likeness (QED) is 0.0118. The number of carbonyl (C=O) groups excluding carboxylic acids is 9. The maximum Gasteiger partial charge on any atom is 0.303 e. The van der Waals surface area contributed by atoms with E-state index in [0.717, 1.165) is 46.0 Å². The second kappa shape index (κ2) is 52.9. The van der Waals surface area contributed by atoms with E-state index in [2.05, 4.69) is 70.3 Å². The number of nitrogens with one attached hydrogen (secondary N) is 4. The topological polar surface area (TPSA) is 404 Å². The van der Waals surface area contributed by atoms with Crippen LogP contribution >= 0.6 is 16.1 Å². The summed E-state index contributed by atoms with van der Waals surface area (Å²) in [4.78, 5) is 117. The van der Waals surface area contributed by atoms with Gasteiger partial charge in [0.25, 0.3) is 8.53 Å². The number of carbonyl (C=O) groups is 9. The Kier molecular flexibility index (Phi) is 46.6. The molecule has 0 spiro atoms. The van der Waals surface area contributed by atoms with E-state index >= 15 is 0 Å². The van der Waals surface area contributed by atoms with Crippen LogP contribution in [0, 0.1) is 24.1 Å². The van der Waals surface area contributed by atoms with Crippen molar-refractivity contribution in [3.05, 3.63) is 18.1 Å². The normalized spacial score (nSPS) is 23.6. The number of rotatable bonds is 46. The van der Waals surface area contributed by atoms with Crippen LogP contribution in [0.15, 0.2) is 0 Å². The first-order valence-electron chi connectivity index (χ1n) is 38.4. The van der Waals surface area contributed by atoms with Crippen molar-refractivity contribution >= 4 is 69.5 Å². The molecule has 0 aromatic heterocycles. The first kappa shape index (κ1) is 94.2. The molecule has 33 nitrogen and oxygen atoms in total. The van der Waals surface area contributed by atoms with E-state index in [1.54, 1.807) is 7.11 Å². The molecule has 0 radical (unpaired) electrons. The Morgan fingerprint density at radius 1 is 0.664 bits per heavy atom. The van der Waals surface area contributed by atoms with Crippen LogP contribution in [0.3, 0.4) is 0 Å². The number of likely N-dealkylation sites (tertiary alicyclic amines) is 2. The molecule has 12 atom stereocenters. The van der Waals surface area contributed by atoms with Gasteiger partial charge in [0, 0.05) is 153 Å². The van der Waals surface area contributed by atoms with E-state index < -0.39 is 101 Å². The third-order valence-electron chi connectivity index (χ3n) is 18.3. The summed E-state index contributed by atoms with van der Waals surface area (Å²) in [7, 11) is -0.532. The molecule has 0 saturated carbocycles. The Bertz CT molecular complexity index is 2780. The molecule has 4 heterocycles. The van der Waals surface area contributed by atoms with Crippen LogP contribution in [0.1, 0.15) is 200 Å². The minimum absolute atomic E-state index is 0.0572. The van der Waals surface area contributed by atoms with Gasteiger partial charge in [-0.2, -0.15) is 0 Å². The highest BCUT2D eigenvalue weighted by molar-refractivity contribution is 7.55. The van der Waals surface area contributed by atoms with Crippen LogP contribution in [0.5, 0.6) is 0 Å². The van der Waals surface area contributed by atoms with E-state index in [1.807, 2.05) is 16.7 Å². The minimum Gasteiger partial charge on any atom is -0.463 e. The van der Waals surface area contributed by atoms with Gasteiger partial charge in [0.05, 0.1) is 25.9 Å². The molecule has 4 saturated heterocycles. The van der Waals surface area contributed by atoms with Gasteiger partial charge in [-0.1, -0.05) is 26.7 Å². The number of piperidine rings is 2. The molecule has 618 valence electrons. The minimum atomic E-state index is -3.34. The summed E-state index contributed by atoms with van der Waals surface area (Å²) in [6.45, 7) is 32.0. The van der Waals surface area contributed by atoms with E-state index in [4.69, 9.17) is 65.4 Å². The number of esters is 3. The first-order valence-corrected chi connectivity index (χ1v) is 40.2. The molecular formula is C72H129N8O25P2-. The maximum atomic E-state index is 13.0. The van der Waals surface area contributed by atoms with Gasteiger partial charge in [-0.05, 0) is 117 Å². The lowest BCUT2D eigenvalue weighted by Gasteiger charge is -2.44. The number of ether oxygens (including phenoxy) is 8. The molecule has 7 N–H and O–H groups in total. The number of hydrogen-bond donors (Lipinski definition) is 7. The highest BCUT2D eigenvalue weighted by atomic mass is 31.2. The largest absolute Gasteiger partial charge is 0.463 e. The van der Waals surface area contributed by atoms with Crippen LogP contribution in [0.4, 0.5) is 0 Å². The Hall–Kier alpha value is -5.14. The van der Waals surface area contributed by atoms with Crippen LogP contribution in [-0.2, 0) is 104 Å². The van der Waals surface area contributed by atoms with Gasteiger partial charge in [-0.3, -0.25) is 47.7 Å². The van der Waals surface area contributed by atoms with Crippen molar-refractivity contribution in [3.63, 3.8) is 0 Å². The Morgan fingerprint density at radius 3 is 1.61 bits per heavy atom. The van der Waals surface area contributed by atoms with Crippen molar-refractivity contribution in [3.8, 4) is 0 Å². The third-order valence-corrected chi connectivity index (χ3v) is 21.4. The second-order valence-electron chi connectivity index (χ2n) is 27.9. The molecule has 6 amide bonds. The summed E-state index contributed by atoms with van der Waals surface area (Å²) in [6, 6.07) is -1.58. The summed E-state index contributed by atoms with van der Waals surface area (Å²) < 4.78 is 95.8. The molecule has 4 aliphatic rings. The number of unbranched alkanes of at least 4 members (excludes halogenated alkanes) is 6. The Morgan fingerprint density at radius 2 is 1.15 bits per heavy atom. The summed E-state index contributed by atoms with van der Waals surface area (Å²) in [5.41, 5.74) is -0.702. The fraction of sp³-hybridized carbons (Fsp3) is 0.847. The molecule has 35 heteroatoms. The Labute approximate surface area is 638 Å². The summed E-state index contributed by atoms with van der Waals surface area (Å²) >= 11 is 0. The van der Waals surface area contributed by atoms with E-state index in [9.17, 15) is 57.9 Å². The van der Waals surface area contributed by atoms with Crippen LogP contribution in [-0.4, -0.2) is 271 Å². The van der Waals surface area contributed by atoms with Crippen molar-refractivity contribution in [1.82, 2.24) is 35.7 Å². The molecule has 0 aromatic carbocycles. The predicted molar refractivity (Wildman–Crippen MR) is 396 cm³/mol. The zero-order valence-corrected chi connectivity index (χ0v) is 67.4. The summed E-state index contributed by atoms with van der Waals surface area (Å²) in [5.74, 6) is -2.85. The van der Waals surface area contributed by atoms with Crippen molar-refractivity contribution < 1.29 is 120 Å². The number of amides is 6. The van der Waals surface area contributed by atoms with Gasteiger partial charge in [0.15, 0.2) is 32.4 Å². The summed E-state index contributed by atoms with van der Waals surface area (Å²) in [5, 5.41) is 35.2. The van der Waals surface area contributed by atoms with Crippen molar-refractivity contribution in [2.45, 2.75) is 272 Å². The second-order valence-corrected chi connectivity index (χ2v) is 31.2. The highest BCUT2D eigenvalue weighted by Gasteiger charge is 2.52. The van der Waals surface area contributed by atoms with Crippen LogP contribution < -0.4 is 21.3 Å². The summed E-state index contributed by atoms with van der Waals surface area (Å²) in [6.07, 6.45) is 2.75. The molecule has 0 bridgehead atoms. The first-order chi connectivity index (χ1) is 51.7. The molecule has 107 heavy (non-hydrogen) atoms. The number of nitrogens with zero attached hydrogens (tertiary/aromatic N) is 4. The van der Waals surface area contributed by atoms with Crippen LogP contribution in [0.25, 0.3) is 4.85 Å². The fourth-order valence-corrected chi connectivity index (χ4v) is 14.8. The van der Waals surface area contributed by atoms with Crippen molar-refractivity contribution in [2.75, 3.05) is 113 Å². The standard InChI is InChI=1S/C41H70N5O13P.C30H55N3O11P.CH4O/c1-28(2)46(29(3)4)60(55-25-21-42-10)56-27-41(9)18-22-45(23-19-41)36(52)17-12-11-14-20-43-35(51)16-13-15-24-53-40-37(44-30(5)47)39(58-33(8)50)38(57-32(7)49)34(59-40)26-54-31(6)48;1-6-23-27(37)28(38)26(32-22(2)34)29(44-23)42-19-11-9-12-24(35)31-16-10-7-8-13-25(36)33-17-14-30(15-18-33,20-40-3)21-43-45(5,39)41-4;1-2/h28-29,34,37-40H,11-27H2,1-9H3,(H,43,51)(H,44,47);23,26-29,37-38H,5-21H2,1-4H3,(H,31,35)(H,32,34);2H,1H3/q;-1;/t34-,37-,38+,39-,40-,60?;23-,26-,27+,28-,29-,45?;/m11./s1/i9T;;2T. The molecule has 0 aromatic rings. The van der Waals surface area contributed by atoms with Crippen molar-refractivity contribution in [1.29, 1.82) is 1.43 Å². The number of methoxy groups -OCH3 is 1. The van der Waals surface area contributed by atoms with Gasteiger partial charge >= 0.3 is 17.9 Å². The van der Waals surface area contributed by atoms with E-state index in [0.29, 0.717) is 143 Å². The lowest BCUT2D eigenvalue weighted by Crippen LogP contribution is -2.66. The maximum absolute atomic E-state index is 13.0. The smallest absolute Gasteiger partial charge is 0.303 e. The SMILES string of the molecule is [3H]CC1(COP(OCC[N+]#[C-])N(C(C)C)C(C)C)CCN(C(=O)CCCCCNC(=O)CCCCO[C@@H]2O[C@H](COC(C)=O)[C@H](OC(C)=O)[C@H](OC(C)=O)[C@H]2NC(C)=O)CC1.[3H]OC.[CH2-]P(=O)(OC)OCC1(COC)CCN(C(=O)CCCCCNC(=O)CCCCO[C@@H]2O[C@H](CC)[C@H](O)[C@H](O)[C@H]2NC(C)=O)CC1. The van der Waals surface area contributed by atoms with Gasteiger partial charge < -0.3 is 107 Å². The lowest BCUT2D eigenvalue weighted by molar-refractivity contribution is -0.277. The van der Waals surface area contributed by atoms with Gasteiger partial charge in [0.2, 0.25) is 43.4 Å². The molecule has 0 aliphatic carbocycles. The molecule has 4 fully saturated rings. The van der Waals surface area contributed by atoms with Gasteiger partial charge in [-0.25, -0.2) is 17.9 Å². The molecular weight excluding hydrogens is 1440 g/mol. The average Bonchev–Trinajstić information content (AvgIpc) is 0.790. The third kappa shape index (κ3) is 38.1. The van der Waals surface area contributed by atoms with E-state index in [1.165, 1.54) is 35.0 Å². The average molecular weight is 1570 g/mol. The Balaban J connectivity index is 0.000000744. The number of hydrogen-bond acceptors (Lipinski definition) is 26. The molecule has 2 unspecified atom stereocenters. The molecule has 4 rings (SSSR count). The van der Waals surface area contributed by atoms with Crippen molar-refractivity contribution in [2.24, 2.45) is 10.8 Å². The van der Waals surface area contributed by atoms with Gasteiger partial charge in [0.1, 0.15) is 43.6 Å². The van der Waals surface area contributed by atoms with Gasteiger partial charge in [-0.15, -0.1) is 0 Å². The predicted octanol–water partition coefficient (Wildman–Crippen LogP) is 6.16. The zero-order chi connectivity index (χ0) is 81.7. The number of aliphatic hydroxyl groups excluding tert-OH is 3. The molecule has 4 aliphatic heterocycles.